The Kier molecular flexibility index (Phi) is 7.60. The first-order chi connectivity index (χ1) is 12.5. The average molecular weight is 377 g/mol. The monoisotopic (exact) mass is 376 g/mol. The smallest absolute Gasteiger partial charge is 0.221 e. The highest BCUT2D eigenvalue weighted by atomic mass is 35.5. The zero-order valence-corrected chi connectivity index (χ0v) is 16.2. The summed E-state index contributed by atoms with van der Waals surface area (Å²) in [7, 11) is 1.62. The van der Waals surface area contributed by atoms with E-state index in [4.69, 9.17) is 21.1 Å². The molecule has 0 unspecified atom stereocenters. The number of anilines is 1. The number of hydrogen-bond donors (Lipinski definition) is 2. The third-order valence-electron chi connectivity index (χ3n) is 3.84. The number of benzene rings is 2. The van der Waals surface area contributed by atoms with Gasteiger partial charge < -0.3 is 20.1 Å². The van der Waals surface area contributed by atoms with Gasteiger partial charge in [-0.15, -0.1) is 0 Å². The number of methoxy groups -OCH3 is 1. The molecular weight excluding hydrogens is 352 g/mol. The van der Waals surface area contributed by atoms with Crippen LogP contribution in [0.15, 0.2) is 36.4 Å². The molecule has 0 aliphatic heterocycles. The number of nitrogens with one attached hydrogen (secondary N) is 2. The Morgan fingerprint density at radius 2 is 1.77 bits per heavy atom. The summed E-state index contributed by atoms with van der Waals surface area (Å²) in [5.74, 6) is 1.49. The lowest BCUT2D eigenvalue weighted by Gasteiger charge is -2.13. The normalized spacial score (nSPS) is 10.3. The molecule has 0 heterocycles. The lowest BCUT2D eigenvalue weighted by molar-refractivity contribution is -0.120. The molecule has 6 heteroatoms. The van der Waals surface area contributed by atoms with Crippen molar-refractivity contribution in [1.82, 2.24) is 5.32 Å². The fourth-order valence-electron chi connectivity index (χ4n) is 2.56. The van der Waals surface area contributed by atoms with Gasteiger partial charge in [-0.05, 0) is 55.3 Å². The number of ether oxygens (including phenoxy) is 2. The van der Waals surface area contributed by atoms with Crippen LogP contribution in [-0.4, -0.2) is 32.7 Å². The van der Waals surface area contributed by atoms with Crippen molar-refractivity contribution >= 4 is 23.2 Å². The van der Waals surface area contributed by atoms with E-state index in [2.05, 4.69) is 16.7 Å². The minimum atomic E-state index is -0.0308. The standard InChI is InChI=1S/C20H25ClN2O3/c1-14-12-15(2)20(18(21)13-14)23-9-8-19(24)22-10-11-26-17-6-4-16(25-3)5-7-17/h4-7,12-13,23H,8-11H2,1-3H3,(H,22,24). The van der Waals surface area contributed by atoms with Crippen LogP contribution in [0, 0.1) is 13.8 Å². The third-order valence-corrected chi connectivity index (χ3v) is 4.14. The lowest BCUT2D eigenvalue weighted by atomic mass is 10.1. The van der Waals surface area contributed by atoms with Gasteiger partial charge in [0, 0.05) is 13.0 Å². The van der Waals surface area contributed by atoms with Crippen molar-refractivity contribution in [3.05, 3.63) is 52.5 Å². The summed E-state index contributed by atoms with van der Waals surface area (Å²) in [6.45, 7) is 5.39. The number of carbonyl (C=O) groups excluding carboxylic acids is 1. The van der Waals surface area contributed by atoms with Crippen molar-refractivity contribution in [2.24, 2.45) is 0 Å². The summed E-state index contributed by atoms with van der Waals surface area (Å²) < 4.78 is 10.7. The van der Waals surface area contributed by atoms with Crippen LogP contribution in [0.2, 0.25) is 5.02 Å². The molecule has 2 rings (SSSR count). The van der Waals surface area contributed by atoms with Crippen LogP contribution in [0.4, 0.5) is 5.69 Å². The molecular formula is C20H25ClN2O3. The van der Waals surface area contributed by atoms with Crippen molar-refractivity contribution in [3.63, 3.8) is 0 Å². The van der Waals surface area contributed by atoms with Crippen molar-refractivity contribution in [2.75, 3.05) is 32.1 Å². The van der Waals surface area contributed by atoms with E-state index in [-0.39, 0.29) is 5.91 Å². The topological polar surface area (TPSA) is 59.6 Å². The molecule has 0 spiro atoms. The van der Waals surface area contributed by atoms with Crippen LogP contribution in [0.3, 0.4) is 0 Å². The molecule has 0 aliphatic rings. The minimum Gasteiger partial charge on any atom is -0.497 e. The van der Waals surface area contributed by atoms with E-state index in [1.54, 1.807) is 7.11 Å². The lowest BCUT2D eigenvalue weighted by Crippen LogP contribution is -2.29. The first kappa shape index (κ1) is 19.9. The summed E-state index contributed by atoms with van der Waals surface area (Å²) in [4.78, 5) is 11.9. The van der Waals surface area contributed by atoms with E-state index in [0.29, 0.717) is 31.1 Å². The number of amides is 1. The highest BCUT2D eigenvalue weighted by molar-refractivity contribution is 6.33. The van der Waals surface area contributed by atoms with Gasteiger partial charge in [0.15, 0.2) is 0 Å². The van der Waals surface area contributed by atoms with Gasteiger partial charge in [-0.25, -0.2) is 0 Å². The molecule has 0 atom stereocenters. The molecule has 0 saturated heterocycles. The first-order valence-electron chi connectivity index (χ1n) is 8.54. The summed E-state index contributed by atoms with van der Waals surface area (Å²) in [6, 6.07) is 11.3. The summed E-state index contributed by atoms with van der Waals surface area (Å²) in [6.07, 6.45) is 0.367. The number of aryl methyl sites for hydroxylation is 2. The van der Waals surface area contributed by atoms with Crippen molar-refractivity contribution in [1.29, 1.82) is 0 Å². The number of hydrogen-bond acceptors (Lipinski definition) is 4. The molecule has 2 aromatic rings. The van der Waals surface area contributed by atoms with Crippen molar-refractivity contribution in [2.45, 2.75) is 20.3 Å². The van der Waals surface area contributed by atoms with Gasteiger partial charge >= 0.3 is 0 Å². The highest BCUT2D eigenvalue weighted by Gasteiger charge is 2.06. The SMILES string of the molecule is COc1ccc(OCCNC(=O)CCNc2c(C)cc(C)cc2Cl)cc1. The second kappa shape index (κ2) is 9.92. The Morgan fingerprint density at radius 3 is 2.42 bits per heavy atom. The third kappa shape index (κ3) is 6.15. The molecule has 1 amide bonds. The number of halogens is 1. The largest absolute Gasteiger partial charge is 0.497 e. The number of rotatable bonds is 9. The van der Waals surface area contributed by atoms with Crippen LogP contribution in [0.25, 0.3) is 0 Å². The maximum absolute atomic E-state index is 11.9. The van der Waals surface area contributed by atoms with Crippen LogP contribution in [0.1, 0.15) is 17.5 Å². The fraction of sp³-hybridized carbons (Fsp3) is 0.350. The van der Waals surface area contributed by atoms with Crippen LogP contribution in [0.5, 0.6) is 11.5 Å². The summed E-state index contributed by atoms with van der Waals surface area (Å²) in [5.41, 5.74) is 3.07. The molecule has 5 nitrogen and oxygen atoms in total. The Bertz CT molecular complexity index is 709. The molecule has 0 fully saturated rings. The second-order valence-corrected chi connectivity index (χ2v) is 6.40. The molecule has 0 aliphatic carbocycles. The van der Waals surface area contributed by atoms with Gasteiger partial charge in [-0.2, -0.15) is 0 Å². The zero-order chi connectivity index (χ0) is 18.9. The highest BCUT2D eigenvalue weighted by Crippen LogP contribution is 2.27. The van der Waals surface area contributed by atoms with E-state index in [1.165, 1.54) is 0 Å². The average Bonchev–Trinajstić information content (AvgIpc) is 2.61. The van der Waals surface area contributed by atoms with Gasteiger partial charge in [0.2, 0.25) is 5.91 Å². The Balaban J connectivity index is 1.64. The predicted molar refractivity (Wildman–Crippen MR) is 106 cm³/mol. The number of carbonyl (C=O) groups is 1. The molecule has 0 saturated carbocycles. The molecule has 2 aromatic carbocycles. The molecule has 140 valence electrons. The van der Waals surface area contributed by atoms with E-state index in [1.807, 2.05) is 44.2 Å². The van der Waals surface area contributed by atoms with Gasteiger partial charge in [0.25, 0.3) is 0 Å². The van der Waals surface area contributed by atoms with Gasteiger partial charge in [0.05, 0.1) is 24.4 Å². The maximum Gasteiger partial charge on any atom is 0.221 e. The Labute approximate surface area is 159 Å². The van der Waals surface area contributed by atoms with E-state index in [9.17, 15) is 4.79 Å². The second-order valence-electron chi connectivity index (χ2n) is 5.99. The molecule has 0 radical (unpaired) electrons. The predicted octanol–water partition coefficient (Wildman–Crippen LogP) is 3.96. The van der Waals surface area contributed by atoms with E-state index >= 15 is 0 Å². The van der Waals surface area contributed by atoms with E-state index in [0.717, 1.165) is 28.3 Å². The summed E-state index contributed by atoms with van der Waals surface area (Å²) in [5, 5.41) is 6.75. The molecule has 0 aromatic heterocycles. The van der Waals surface area contributed by atoms with Crippen LogP contribution >= 0.6 is 11.6 Å². The molecule has 0 bridgehead atoms. The minimum absolute atomic E-state index is 0.0308. The van der Waals surface area contributed by atoms with Crippen LogP contribution < -0.4 is 20.1 Å². The first-order valence-corrected chi connectivity index (χ1v) is 8.91. The quantitative estimate of drug-likeness (QED) is 0.650. The Hall–Kier alpha value is -2.40. The Morgan fingerprint density at radius 1 is 1.08 bits per heavy atom. The van der Waals surface area contributed by atoms with Gasteiger partial charge in [-0.1, -0.05) is 17.7 Å². The zero-order valence-electron chi connectivity index (χ0n) is 15.4. The maximum atomic E-state index is 11.9. The molecule has 26 heavy (non-hydrogen) atoms. The van der Waals surface area contributed by atoms with Gasteiger partial charge in [-0.3, -0.25) is 4.79 Å². The van der Waals surface area contributed by atoms with Crippen molar-refractivity contribution in [3.8, 4) is 11.5 Å². The van der Waals surface area contributed by atoms with Gasteiger partial charge in [0.1, 0.15) is 18.1 Å². The molecule has 2 N–H and O–H groups in total. The van der Waals surface area contributed by atoms with Crippen molar-refractivity contribution < 1.29 is 14.3 Å². The summed E-state index contributed by atoms with van der Waals surface area (Å²) >= 11 is 6.24. The fourth-order valence-corrected chi connectivity index (χ4v) is 2.95. The van der Waals surface area contributed by atoms with E-state index < -0.39 is 0 Å². The van der Waals surface area contributed by atoms with Crippen LogP contribution in [-0.2, 0) is 4.79 Å².